The molecule has 1 aromatic rings. The number of hydrogen-bond donors (Lipinski definition) is 0. The third-order valence-corrected chi connectivity index (χ3v) is 4.86. The van der Waals surface area contributed by atoms with E-state index in [4.69, 9.17) is 11.6 Å². The second-order valence-electron chi connectivity index (χ2n) is 3.83. The maximum atomic E-state index is 11.9. The molecule has 1 saturated heterocycles. The lowest BCUT2D eigenvalue weighted by atomic mass is 10.2. The molecule has 88 valence electrons. The number of aryl methyl sites for hydroxylation is 1. The van der Waals surface area contributed by atoms with Gasteiger partial charge in [-0.3, -0.25) is 4.31 Å². The highest BCUT2D eigenvalue weighted by Crippen LogP contribution is 2.29. The van der Waals surface area contributed by atoms with Crippen molar-refractivity contribution >= 4 is 27.5 Å². The van der Waals surface area contributed by atoms with Crippen LogP contribution in [0.3, 0.4) is 0 Å². The third kappa shape index (κ3) is 1.79. The first-order valence-electron chi connectivity index (χ1n) is 4.93. The number of halogens is 1. The molecule has 0 amide bonds. The standard InChI is InChI=1S/C10H13ClN2O2S/c1-8-7-9(11)3-4-10(8)13-6-5-12(2)16(13,14)15/h3-4,7H,5-6H2,1-2H3. The maximum Gasteiger partial charge on any atom is 0.303 e. The Morgan fingerprint density at radius 3 is 2.50 bits per heavy atom. The summed E-state index contributed by atoms with van der Waals surface area (Å²) in [6.45, 7) is 2.86. The summed E-state index contributed by atoms with van der Waals surface area (Å²) in [5, 5.41) is 0.617. The zero-order chi connectivity index (χ0) is 11.9. The second-order valence-corrected chi connectivity index (χ2v) is 6.23. The molecule has 2 rings (SSSR count). The molecule has 6 heteroatoms. The summed E-state index contributed by atoms with van der Waals surface area (Å²) in [5.74, 6) is 0. The van der Waals surface area contributed by atoms with Crippen LogP contribution in [0.2, 0.25) is 5.02 Å². The number of anilines is 1. The number of hydrogen-bond acceptors (Lipinski definition) is 2. The SMILES string of the molecule is Cc1cc(Cl)ccc1N1CCN(C)S1(=O)=O. The van der Waals surface area contributed by atoms with E-state index in [-0.39, 0.29) is 0 Å². The van der Waals surface area contributed by atoms with Gasteiger partial charge in [0.05, 0.1) is 5.69 Å². The second kappa shape index (κ2) is 3.91. The van der Waals surface area contributed by atoms with Gasteiger partial charge in [0.1, 0.15) is 0 Å². The Labute approximate surface area is 101 Å². The van der Waals surface area contributed by atoms with E-state index < -0.39 is 10.2 Å². The van der Waals surface area contributed by atoms with E-state index in [0.717, 1.165) is 5.56 Å². The van der Waals surface area contributed by atoms with Gasteiger partial charge in [0, 0.05) is 25.2 Å². The molecule has 0 saturated carbocycles. The minimum Gasteiger partial charge on any atom is -0.256 e. The van der Waals surface area contributed by atoms with Crippen molar-refractivity contribution in [3.8, 4) is 0 Å². The molecule has 0 bridgehead atoms. The molecule has 0 spiro atoms. The van der Waals surface area contributed by atoms with Crippen molar-refractivity contribution < 1.29 is 8.42 Å². The van der Waals surface area contributed by atoms with Gasteiger partial charge in [-0.1, -0.05) is 11.6 Å². The van der Waals surface area contributed by atoms with Gasteiger partial charge >= 0.3 is 10.2 Å². The molecule has 16 heavy (non-hydrogen) atoms. The molecule has 0 aliphatic carbocycles. The van der Waals surface area contributed by atoms with Gasteiger partial charge in [0.15, 0.2) is 0 Å². The van der Waals surface area contributed by atoms with Gasteiger partial charge < -0.3 is 0 Å². The van der Waals surface area contributed by atoms with Crippen LogP contribution in [0.15, 0.2) is 18.2 Å². The summed E-state index contributed by atoms with van der Waals surface area (Å²) in [5.41, 5.74) is 1.57. The van der Waals surface area contributed by atoms with Crippen molar-refractivity contribution in [3.05, 3.63) is 28.8 Å². The molecule has 4 nitrogen and oxygen atoms in total. The fourth-order valence-electron chi connectivity index (χ4n) is 1.77. The van der Waals surface area contributed by atoms with Crippen LogP contribution in [-0.4, -0.2) is 32.9 Å². The normalized spacial score (nSPS) is 20.3. The van der Waals surface area contributed by atoms with E-state index in [1.54, 1.807) is 25.2 Å². The minimum absolute atomic E-state index is 0.487. The first kappa shape index (κ1) is 11.7. The molecule has 0 radical (unpaired) electrons. The number of likely N-dealkylation sites (N-methyl/N-ethyl adjacent to an activating group) is 1. The van der Waals surface area contributed by atoms with Crippen LogP contribution >= 0.6 is 11.6 Å². The fraction of sp³-hybridized carbons (Fsp3) is 0.400. The summed E-state index contributed by atoms with van der Waals surface area (Å²) in [6.07, 6.45) is 0. The Morgan fingerprint density at radius 1 is 1.31 bits per heavy atom. The highest BCUT2D eigenvalue weighted by atomic mass is 35.5. The molecule has 0 N–H and O–H groups in total. The Bertz CT molecular complexity index is 516. The van der Waals surface area contributed by atoms with Crippen LogP contribution in [-0.2, 0) is 10.2 Å². The predicted octanol–water partition coefficient (Wildman–Crippen LogP) is 1.65. The lowest BCUT2D eigenvalue weighted by molar-refractivity contribution is 0.511. The van der Waals surface area contributed by atoms with Crippen molar-refractivity contribution in [2.75, 3.05) is 24.4 Å². The number of rotatable bonds is 1. The van der Waals surface area contributed by atoms with E-state index in [9.17, 15) is 8.42 Å². The van der Waals surface area contributed by atoms with Gasteiger partial charge in [-0.05, 0) is 30.7 Å². The molecule has 1 aromatic carbocycles. The average Bonchev–Trinajstić information content (AvgIpc) is 2.44. The van der Waals surface area contributed by atoms with Gasteiger partial charge in [0.2, 0.25) is 0 Å². The molecule has 1 fully saturated rings. The van der Waals surface area contributed by atoms with Crippen molar-refractivity contribution in [2.45, 2.75) is 6.92 Å². The quantitative estimate of drug-likeness (QED) is 0.770. The summed E-state index contributed by atoms with van der Waals surface area (Å²) < 4.78 is 26.7. The fourth-order valence-corrected chi connectivity index (χ4v) is 3.42. The Balaban J connectivity index is 2.47. The van der Waals surface area contributed by atoms with Crippen LogP contribution in [0.25, 0.3) is 0 Å². The van der Waals surface area contributed by atoms with Crippen molar-refractivity contribution in [3.63, 3.8) is 0 Å². The molecular weight excluding hydrogens is 248 g/mol. The summed E-state index contributed by atoms with van der Waals surface area (Å²) in [7, 11) is -1.75. The van der Waals surface area contributed by atoms with E-state index >= 15 is 0 Å². The summed E-state index contributed by atoms with van der Waals surface area (Å²) >= 11 is 5.84. The predicted molar refractivity (Wildman–Crippen MR) is 65.1 cm³/mol. The van der Waals surface area contributed by atoms with E-state index in [1.165, 1.54) is 8.61 Å². The van der Waals surface area contributed by atoms with Gasteiger partial charge in [-0.25, -0.2) is 0 Å². The maximum absolute atomic E-state index is 11.9. The highest BCUT2D eigenvalue weighted by molar-refractivity contribution is 7.90. The van der Waals surface area contributed by atoms with Gasteiger partial charge in [-0.15, -0.1) is 0 Å². The monoisotopic (exact) mass is 260 g/mol. The van der Waals surface area contributed by atoms with Gasteiger partial charge in [-0.2, -0.15) is 12.7 Å². The van der Waals surface area contributed by atoms with E-state index in [0.29, 0.717) is 23.8 Å². The lowest BCUT2D eigenvalue weighted by Crippen LogP contribution is -2.31. The molecule has 1 heterocycles. The average molecular weight is 261 g/mol. The largest absolute Gasteiger partial charge is 0.303 e. The van der Waals surface area contributed by atoms with E-state index in [2.05, 4.69) is 0 Å². The molecule has 0 atom stereocenters. The van der Waals surface area contributed by atoms with E-state index in [1.807, 2.05) is 6.92 Å². The van der Waals surface area contributed by atoms with Crippen molar-refractivity contribution in [2.24, 2.45) is 0 Å². The summed E-state index contributed by atoms with van der Waals surface area (Å²) in [4.78, 5) is 0. The van der Waals surface area contributed by atoms with Gasteiger partial charge in [0.25, 0.3) is 0 Å². The highest BCUT2D eigenvalue weighted by Gasteiger charge is 2.34. The molecule has 1 aliphatic rings. The summed E-state index contributed by atoms with van der Waals surface area (Å²) in [6, 6.07) is 5.22. The first-order chi connectivity index (χ1) is 7.43. The first-order valence-corrected chi connectivity index (χ1v) is 6.70. The molecule has 0 unspecified atom stereocenters. The third-order valence-electron chi connectivity index (χ3n) is 2.72. The van der Waals surface area contributed by atoms with Crippen LogP contribution < -0.4 is 4.31 Å². The smallest absolute Gasteiger partial charge is 0.256 e. The Morgan fingerprint density at radius 2 is 2.00 bits per heavy atom. The van der Waals surface area contributed by atoms with Crippen LogP contribution in [0, 0.1) is 6.92 Å². The van der Waals surface area contributed by atoms with Crippen LogP contribution in [0.5, 0.6) is 0 Å². The number of nitrogens with zero attached hydrogens (tertiary/aromatic N) is 2. The van der Waals surface area contributed by atoms with Crippen LogP contribution in [0.4, 0.5) is 5.69 Å². The molecular formula is C10H13ClN2O2S. The minimum atomic E-state index is -3.33. The van der Waals surface area contributed by atoms with Crippen molar-refractivity contribution in [1.29, 1.82) is 0 Å². The zero-order valence-corrected chi connectivity index (χ0v) is 10.7. The van der Waals surface area contributed by atoms with Crippen molar-refractivity contribution in [1.82, 2.24) is 4.31 Å². The Kier molecular flexibility index (Phi) is 2.86. The van der Waals surface area contributed by atoms with Crippen LogP contribution in [0.1, 0.15) is 5.56 Å². The number of benzene rings is 1. The lowest BCUT2D eigenvalue weighted by Gasteiger charge is -2.20. The molecule has 1 aliphatic heterocycles. The Hall–Kier alpha value is -0.780. The molecule has 0 aromatic heterocycles. The topological polar surface area (TPSA) is 40.6 Å². The zero-order valence-electron chi connectivity index (χ0n) is 9.14.